The first kappa shape index (κ1) is 16.6. The van der Waals surface area contributed by atoms with E-state index in [0.717, 1.165) is 23.4 Å². The molecular formula is C19H23N3O2. The third-order valence-corrected chi connectivity index (χ3v) is 4.86. The van der Waals surface area contributed by atoms with Crippen LogP contribution in [0.15, 0.2) is 30.5 Å². The number of imide groups is 1. The second-order valence-electron chi connectivity index (χ2n) is 6.53. The van der Waals surface area contributed by atoms with Gasteiger partial charge in [0.1, 0.15) is 0 Å². The maximum Gasteiger partial charge on any atom is 0.229 e. The van der Waals surface area contributed by atoms with Crippen molar-refractivity contribution >= 4 is 22.8 Å². The van der Waals surface area contributed by atoms with Crippen molar-refractivity contribution in [1.29, 1.82) is 0 Å². The molecule has 2 aromatic rings. The molecule has 0 unspecified atom stereocenters. The lowest BCUT2D eigenvalue weighted by Crippen LogP contribution is -2.23. The van der Waals surface area contributed by atoms with E-state index in [9.17, 15) is 9.59 Å². The minimum absolute atomic E-state index is 0.0602. The lowest BCUT2D eigenvalue weighted by Gasteiger charge is -2.24. The molecule has 0 bridgehead atoms. The third-order valence-electron chi connectivity index (χ3n) is 4.86. The number of rotatable bonds is 3. The molecule has 1 aliphatic heterocycles. The van der Waals surface area contributed by atoms with Crippen LogP contribution in [0.3, 0.4) is 0 Å². The van der Waals surface area contributed by atoms with Crippen LogP contribution in [-0.4, -0.2) is 33.7 Å². The number of nitrogens with zero attached hydrogens (tertiary/aromatic N) is 3. The summed E-state index contributed by atoms with van der Waals surface area (Å²) in [6.45, 7) is 0. The topological polar surface area (TPSA) is 63.2 Å². The minimum Gasteiger partial charge on any atom is -0.286 e. The molecule has 24 heavy (non-hydrogen) atoms. The molecule has 0 spiro atoms. The van der Waals surface area contributed by atoms with Crippen molar-refractivity contribution in [3.05, 3.63) is 36.2 Å². The fraction of sp³-hybridized carbons (Fsp3) is 0.474. The summed E-state index contributed by atoms with van der Waals surface area (Å²) in [5, 5.41) is 1.13. The fourth-order valence-corrected chi connectivity index (χ4v) is 2.95. The Balaban J connectivity index is 0.000000179. The van der Waals surface area contributed by atoms with Crippen LogP contribution >= 0.6 is 0 Å². The molecule has 1 aliphatic carbocycles. The SMILES string of the molecule is CN1C(=O)CCC1=O.c1cnc2nc(CCC3CCC3)ccc2c1. The van der Waals surface area contributed by atoms with Gasteiger partial charge in [0, 0.05) is 37.2 Å². The summed E-state index contributed by atoms with van der Waals surface area (Å²) in [5.74, 6) is 0.839. The van der Waals surface area contributed by atoms with E-state index in [4.69, 9.17) is 0 Å². The molecule has 0 aromatic carbocycles. The van der Waals surface area contributed by atoms with Gasteiger partial charge in [0.15, 0.2) is 5.65 Å². The quantitative estimate of drug-likeness (QED) is 0.813. The number of aryl methyl sites for hydroxylation is 1. The number of hydrogen-bond acceptors (Lipinski definition) is 4. The largest absolute Gasteiger partial charge is 0.286 e. The number of aromatic nitrogens is 2. The summed E-state index contributed by atoms with van der Waals surface area (Å²) in [6, 6.07) is 8.29. The Labute approximate surface area is 142 Å². The summed E-state index contributed by atoms with van der Waals surface area (Å²) in [5.41, 5.74) is 2.08. The molecule has 2 amide bonds. The van der Waals surface area contributed by atoms with Gasteiger partial charge in [-0.1, -0.05) is 19.3 Å². The van der Waals surface area contributed by atoms with Gasteiger partial charge in [-0.2, -0.15) is 0 Å². The predicted molar refractivity (Wildman–Crippen MR) is 92.2 cm³/mol. The maximum atomic E-state index is 10.5. The molecule has 5 heteroatoms. The van der Waals surface area contributed by atoms with Crippen LogP contribution in [0, 0.1) is 5.92 Å². The van der Waals surface area contributed by atoms with Crippen LogP contribution in [-0.2, 0) is 16.0 Å². The summed E-state index contributed by atoms with van der Waals surface area (Å²) in [4.78, 5) is 31.0. The summed E-state index contributed by atoms with van der Waals surface area (Å²) in [6.07, 6.45) is 9.28. The highest BCUT2D eigenvalue weighted by molar-refractivity contribution is 6.01. The first-order valence-electron chi connectivity index (χ1n) is 8.63. The van der Waals surface area contributed by atoms with E-state index in [1.54, 1.807) is 0 Å². The Hall–Kier alpha value is -2.30. The van der Waals surface area contributed by atoms with Crippen molar-refractivity contribution < 1.29 is 9.59 Å². The van der Waals surface area contributed by atoms with E-state index in [0.29, 0.717) is 12.8 Å². The molecule has 2 aromatic heterocycles. The van der Waals surface area contributed by atoms with Crippen LogP contribution in [0.1, 0.15) is 44.2 Å². The first-order valence-corrected chi connectivity index (χ1v) is 8.63. The van der Waals surface area contributed by atoms with Crippen LogP contribution in [0.25, 0.3) is 11.0 Å². The molecule has 0 atom stereocenters. The number of likely N-dealkylation sites (tertiary alicyclic amines) is 1. The summed E-state index contributed by atoms with van der Waals surface area (Å²) >= 11 is 0. The molecule has 3 heterocycles. The first-order chi connectivity index (χ1) is 11.6. The fourth-order valence-electron chi connectivity index (χ4n) is 2.95. The van der Waals surface area contributed by atoms with Gasteiger partial charge in [-0.15, -0.1) is 0 Å². The molecular weight excluding hydrogens is 302 g/mol. The zero-order valence-corrected chi connectivity index (χ0v) is 14.1. The Bertz CT molecular complexity index is 724. The second-order valence-corrected chi connectivity index (χ2v) is 6.53. The lowest BCUT2D eigenvalue weighted by atomic mass is 9.82. The lowest BCUT2D eigenvalue weighted by molar-refractivity contribution is -0.136. The summed E-state index contributed by atoms with van der Waals surface area (Å²) in [7, 11) is 1.51. The Morgan fingerprint density at radius 1 is 1.12 bits per heavy atom. The number of hydrogen-bond donors (Lipinski definition) is 0. The minimum atomic E-state index is -0.0602. The van der Waals surface area contributed by atoms with Crippen LogP contribution in [0.4, 0.5) is 0 Å². The Kier molecular flexibility index (Phi) is 5.18. The van der Waals surface area contributed by atoms with Gasteiger partial charge in [0.25, 0.3) is 0 Å². The van der Waals surface area contributed by atoms with E-state index in [2.05, 4.69) is 28.2 Å². The zero-order chi connectivity index (χ0) is 16.9. The molecule has 4 rings (SSSR count). The number of pyridine rings is 2. The van der Waals surface area contributed by atoms with Gasteiger partial charge in [-0.05, 0) is 43.0 Å². The zero-order valence-electron chi connectivity index (χ0n) is 14.1. The van der Waals surface area contributed by atoms with Crippen molar-refractivity contribution in [2.45, 2.75) is 44.9 Å². The molecule has 1 saturated heterocycles. The molecule has 126 valence electrons. The smallest absolute Gasteiger partial charge is 0.229 e. The van der Waals surface area contributed by atoms with Crippen LogP contribution in [0.5, 0.6) is 0 Å². The van der Waals surface area contributed by atoms with E-state index in [-0.39, 0.29) is 11.8 Å². The Morgan fingerprint density at radius 2 is 1.88 bits per heavy atom. The maximum absolute atomic E-state index is 10.5. The Morgan fingerprint density at radius 3 is 2.46 bits per heavy atom. The average Bonchev–Trinajstić information content (AvgIpc) is 2.85. The van der Waals surface area contributed by atoms with Crippen molar-refractivity contribution in [3.63, 3.8) is 0 Å². The van der Waals surface area contributed by atoms with Crippen molar-refractivity contribution in [1.82, 2.24) is 14.9 Å². The van der Waals surface area contributed by atoms with Crippen molar-refractivity contribution in [2.24, 2.45) is 5.92 Å². The molecule has 0 N–H and O–H groups in total. The van der Waals surface area contributed by atoms with Gasteiger partial charge in [0.2, 0.25) is 11.8 Å². The van der Waals surface area contributed by atoms with Gasteiger partial charge in [-0.3, -0.25) is 14.5 Å². The standard InChI is InChI=1S/C14H16N2.C5H7NO2/c1-3-11(4-1)6-8-13-9-7-12-5-2-10-15-14(12)16-13;1-6-4(7)2-3-5(6)8/h2,5,7,9-11H,1,3-4,6,8H2;2-3H2,1H3. The normalized spacial score (nSPS) is 17.6. The number of carbonyl (C=O) groups is 2. The second kappa shape index (κ2) is 7.51. The van der Waals surface area contributed by atoms with Crippen LogP contribution < -0.4 is 0 Å². The molecule has 0 radical (unpaired) electrons. The van der Waals surface area contributed by atoms with Crippen LogP contribution in [0.2, 0.25) is 0 Å². The van der Waals surface area contributed by atoms with E-state index >= 15 is 0 Å². The highest BCUT2D eigenvalue weighted by Gasteiger charge is 2.24. The highest BCUT2D eigenvalue weighted by atomic mass is 16.2. The predicted octanol–water partition coefficient (Wildman–Crippen LogP) is 3.13. The highest BCUT2D eigenvalue weighted by Crippen LogP contribution is 2.30. The monoisotopic (exact) mass is 325 g/mol. The number of carbonyl (C=O) groups excluding carboxylic acids is 2. The number of fused-ring (bicyclic) bond motifs is 1. The van der Waals surface area contributed by atoms with Gasteiger partial charge in [0.05, 0.1) is 0 Å². The summed E-state index contributed by atoms with van der Waals surface area (Å²) < 4.78 is 0. The van der Waals surface area contributed by atoms with Gasteiger partial charge >= 0.3 is 0 Å². The average molecular weight is 325 g/mol. The molecule has 5 nitrogen and oxygen atoms in total. The van der Waals surface area contributed by atoms with Crippen molar-refractivity contribution in [3.8, 4) is 0 Å². The van der Waals surface area contributed by atoms with Gasteiger partial charge in [-0.25, -0.2) is 9.97 Å². The van der Waals surface area contributed by atoms with Crippen molar-refractivity contribution in [2.75, 3.05) is 7.05 Å². The number of amides is 2. The molecule has 2 aliphatic rings. The van der Waals surface area contributed by atoms with Gasteiger partial charge < -0.3 is 0 Å². The molecule has 2 fully saturated rings. The molecule has 1 saturated carbocycles. The van der Waals surface area contributed by atoms with E-state index in [1.807, 2.05) is 12.3 Å². The van der Waals surface area contributed by atoms with E-state index < -0.39 is 0 Å². The van der Waals surface area contributed by atoms with E-state index in [1.165, 1.54) is 43.3 Å². The third kappa shape index (κ3) is 3.96.